The number of benzene rings is 1. The van der Waals surface area contributed by atoms with Gasteiger partial charge in [0.1, 0.15) is 6.04 Å². The molecule has 2 N–H and O–H groups in total. The van der Waals surface area contributed by atoms with E-state index in [0.717, 1.165) is 23.9 Å². The minimum absolute atomic E-state index is 0. The Kier molecular flexibility index (Phi) is 5.33. The van der Waals surface area contributed by atoms with Gasteiger partial charge in [0.15, 0.2) is 6.23 Å². The molecule has 5 heterocycles. The molecule has 1 aromatic rings. The van der Waals surface area contributed by atoms with Crippen molar-refractivity contribution in [3.8, 4) is 0 Å². The van der Waals surface area contributed by atoms with E-state index in [4.69, 9.17) is 0 Å². The van der Waals surface area contributed by atoms with Crippen LogP contribution in [0.4, 0.5) is 5.69 Å². The lowest BCUT2D eigenvalue weighted by Crippen LogP contribution is -3.00. The summed E-state index contributed by atoms with van der Waals surface area (Å²) in [6.45, 7) is 5.62. The van der Waals surface area contributed by atoms with Gasteiger partial charge in [-0.1, -0.05) is 44.9 Å². The van der Waals surface area contributed by atoms with E-state index in [9.17, 15) is 10.2 Å². The van der Waals surface area contributed by atoms with Crippen molar-refractivity contribution in [2.45, 2.75) is 94.7 Å². The zero-order chi connectivity index (χ0) is 20.8. The van der Waals surface area contributed by atoms with Crippen molar-refractivity contribution in [2.75, 3.05) is 18.5 Å². The van der Waals surface area contributed by atoms with Crippen LogP contribution in [-0.4, -0.2) is 58.7 Å². The quantitative estimate of drug-likeness (QED) is 0.454. The van der Waals surface area contributed by atoms with Gasteiger partial charge in [-0.05, 0) is 36.8 Å². The SMILES string of the molecule is CCCCCC[N+]12C3C[C@@H](C4[C@H](O)[C@]5(C[C@@H]41)c1ccccc1N(C)[C@@H]35)[C@H](CC)[C@H]2O.[Br-]. The van der Waals surface area contributed by atoms with Crippen molar-refractivity contribution in [1.29, 1.82) is 0 Å². The predicted octanol–water partition coefficient (Wildman–Crippen LogP) is 0.654. The van der Waals surface area contributed by atoms with E-state index in [1.807, 2.05) is 0 Å². The van der Waals surface area contributed by atoms with Gasteiger partial charge in [0.25, 0.3) is 0 Å². The zero-order valence-corrected chi connectivity index (χ0v) is 20.8. The number of rotatable bonds is 6. The number of fused-ring (bicyclic) bond motifs is 2. The molecule has 5 aliphatic heterocycles. The van der Waals surface area contributed by atoms with Gasteiger partial charge in [0.2, 0.25) is 0 Å². The third-order valence-corrected chi connectivity index (χ3v) is 10.5. The van der Waals surface area contributed by atoms with Crippen LogP contribution in [0.3, 0.4) is 0 Å². The van der Waals surface area contributed by atoms with Gasteiger partial charge < -0.3 is 32.1 Å². The maximum absolute atomic E-state index is 12.0. The van der Waals surface area contributed by atoms with Crippen LogP contribution < -0.4 is 21.9 Å². The second-order valence-corrected chi connectivity index (χ2v) is 11.1. The average Bonchev–Trinajstić information content (AvgIpc) is 3.14. The summed E-state index contributed by atoms with van der Waals surface area (Å²) in [5.41, 5.74) is 2.57. The topological polar surface area (TPSA) is 43.7 Å². The fourth-order valence-corrected chi connectivity index (χ4v) is 9.65. The summed E-state index contributed by atoms with van der Waals surface area (Å²) in [6, 6.07) is 10.0. The highest BCUT2D eigenvalue weighted by molar-refractivity contribution is 5.66. The molecule has 10 atom stereocenters. The summed E-state index contributed by atoms with van der Waals surface area (Å²) < 4.78 is 0.894. The van der Waals surface area contributed by atoms with Crippen molar-refractivity contribution in [3.05, 3.63) is 29.8 Å². The zero-order valence-electron chi connectivity index (χ0n) is 19.3. The van der Waals surface area contributed by atoms with E-state index in [1.165, 1.54) is 43.4 Å². The molecule has 5 fully saturated rings. The van der Waals surface area contributed by atoms with E-state index in [2.05, 4.69) is 50.1 Å². The lowest BCUT2D eigenvalue weighted by atomic mass is 9.60. The molecule has 3 unspecified atom stereocenters. The van der Waals surface area contributed by atoms with Crippen molar-refractivity contribution in [3.63, 3.8) is 0 Å². The molecule has 0 amide bonds. The van der Waals surface area contributed by atoms with E-state index in [0.29, 0.717) is 35.9 Å². The first-order valence-electron chi connectivity index (χ1n) is 12.6. The Morgan fingerprint density at radius 3 is 2.61 bits per heavy atom. The number of likely N-dealkylation sites (N-methyl/N-ethyl adjacent to an activating group) is 1. The number of anilines is 1. The first-order chi connectivity index (χ1) is 14.5. The number of hydrogen-bond acceptors (Lipinski definition) is 3. The molecule has 5 heteroatoms. The lowest BCUT2D eigenvalue weighted by Gasteiger charge is -2.68. The second kappa shape index (κ2) is 7.44. The number of nitrogens with zero attached hydrogens (tertiary/aromatic N) is 2. The summed E-state index contributed by atoms with van der Waals surface area (Å²) in [5, 5.41) is 23.9. The molecule has 1 aromatic carbocycles. The fourth-order valence-electron chi connectivity index (χ4n) is 9.65. The monoisotopic (exact) mass is 490 g/mol. The molecule has 1 aliphatic carbocycles. The summed E-state index contributed by atoms with van der Waals surface area (Å²) in [7, 11) is 2.25. The number of hydrogen-bond donors (Lipinski definition) is 2. The fraction of sp³-hybridized carbons (Fsp3) is 0.769. The molecule has 31 heavy (non-hydrogen) atoms. The molecule has 0 radical (unpaired) electrons. The summed E-state index contributed by atoms with van der Waals surface area (Å²) in [4.78, 5) is 2.50. The van der Waals surface area contributed by atoms with Gasteiger partial charge >= 0.3 is 0 Å². The van der Waals surface area contributed by atoms with Crippen molar-refractivity contribution in [1.82, 2.24) is 0 Å². The maximum Gasteiger partial charge on any atom is 0.194 e. The van der Waals surface area contributed by atoms with Crippen LogP contribution in [0.5, 0.6) is 0 Å². The Morgan fingerprint density at radius 2 is 1.87 bits per heavy atom. The minimum atomic E-state index is -0.272. The summed E-state index contributed by atoms with van der Waals surface area (Å²) >= 11 is 0. The van der Waals surface area contributed by atoms with Gasteiger partial charge in [-0.3, -0.25) is 4.48 Å². The summed E-state index contributed by atoms with van der Waals surface area (Å²) in [6.07, 6.45) is 7.77. The van der Waals surface area contributed by atoms with E-state index >= 15 is 0 Å². The van der Waals surface area contributed by atoms with E-state index in [-0.39, 0.29) is 34.7 Å². The first kappa shape index (κ1) is 22.2. The molecule has 172 valence electrons. The highest BCUT2D eigenvalue weighted by Gasteiger charge is 2.82. The Morgan fingerprint density at radius 1 is 1.10 bits per heavy atom. The molecule has 0 aromatic heterocycles. The highest BCUT2D eigenvalue weighted by Crippen LogP contribution is 2.71. The van der Waals surface area contributed by atoms with Crippen LogP contribution in [0.1, 0.15) is 64.4 Å². The number of piperidine rings is 4. The molecule has 5 bridgehead atoms. The summed E-state index contributed by atoms with van der Waals surface area (Å²) in [5.74, 6) is 1.18. The minimum Gasteiger partial charge on any atom is -1.00 e. The average molecular weight is 492 g/mol. The smallest absolute Gasteiger partial charge is 0.194 e. The van der Waals surface area contributed by atoms with Crippen molar-refractivity contribution < 1.29 is 31.7 Å². The molecule has 1 saturated carbocycles. The van der Waals surface area contributed by atoms with E-state index < -0.39 is 0 Å². The molecule has 4 nitrogen and oxygen atoms in total. The predicted molar refractivity (Wildman–Crippen MR) is 119 cm³/mol. The Hall–Kier alpha value is -0.620. The van der Waals surface area contributed by atoms with E-state index in [1.54, 1.807) is 0 Å². The Bertz CT molecular complexity index is 850. The van der Waals surface area contributed by atoms with Crippen molar-refractivity contribution >= 4 is 5.69 Å². The Balaban J connectivity index is 0.00000204. The van der Waals surface area contributed by atoms with Gasteiger partial charge in [0, 0.05) is 37.4 Å². The molecular formula is C26H39BrN2O2. The largest absolute Gasteiger partial charge is 1.00 e. The third-order valence-electron chi connectivity index (χ3n) is 10.5. The number of unbranched alkanes of at least 4 members (excludes halogenated alkanes) is 3. The van der Waals surface area contributed by atoms with Gasteiger partial charge in [-0.25, -0.2) is 0 Å². The van der Waals surface area contributed by atoms with Gasteiger partial charge in [0.05, 0.1) is 30.1 Å². The number of aliphatic hydroxyl groups is 2. The van der Waals surface area contributed by atoms with Crippen molar-refractivity contribution in [2.24, 2.45) is 17.8 Å². The first-order valence-corrected chi connectivity index (χ1v) is 12.6. The molecule has 4 saturated heterocycles. The van der Waals surface area contributed by atoms with Gasteiger partial charge in [-0.2, -0.15) is 0 Å². The lowest BCUT2D eigenvalue weighted by molar-refractivity contribution is -1.04. The van der Waals surface area contributed by atoms with Gasteiger partial charge in [-0.15, -0.1) is 0 Å². The number of quaternary nitrogens is 1. The molecular weight excluding hydrogens is 452 g/mol. The van der Waals surface area contributed by atoms with Crippen LogP contribution in [0, 0.1) is 17.8 Å². The number of halogens is 1. The maximum atomic E-state index is 12.0. The number of para-hydroxylation sites is 1. The normalized spacial score (nSPS) is 48.0. The molecule has 1 spiro atoms. The molecule has 7 rings (SSSR count). The standard InChI is InChI=1S/C26H39N2O2.BrH/c1-4-6-7-10-13-28-20-14-17(16(5-2)25(28)30)22-21(28)15-26(24(22)29)18-11-8-9-12-19(18)27(3)23(20)26;/h8-9,11-12,16-17,20-25,29-30H,4-7,10,13-15H2,1-3H3;1H/q+1;/p-1/t16-,17+,20?,21-,22?,23-,24-,25+,26+,28?;/m0./s1. The second-order valence-electron chi connectivity index (χ2n) is 11.1. The Labute approximate surface area is 198 Å². The number of aliphatic hydroxyl groups excluding tert-OH is 2. The third kappa shape index (κ3) is 2.37. The highest BCUT2D eigenvalue weighted by atomic mass is 79.9. The van der Waals surface area contributed by atoms with Crippen LogP contribution in [-0.2, 0) is 5.41 Å². The van der Waals surface area contributed by atoms with Crippen LogP contribution in [0.2, 0.25) is 0 Å². The van der Waals surface area contributed by atoms with Crippen LogP contribution in [0.15, 0.2) is 24.3 Å². The van der Waals surface area contributed by atoms with Crippen LogP contribution >= 0.6 is 0 Å². The van der Waals surface area contributed by atoms with Crippen LogP contribution in [0.25, 0.3) is 0 Å². The molecule has 6 aliphatic rings.